The molecule has 0 spiro atoms. The summed E-state index contributed by atoms with van der Waals surface area (Å²) in [7, 11) is 0. The molecule has 0 bridgehead atoms. The Labute approximate surface area is 84.3 Å². The number of hydrogen-bond donors (Lipinski definition) is 1. The zero-order valence-electron chi connectivity index (χ0n) is 7.48. The summed E-state index contributed by atoms with van der Waals surface area (Å²) in [6.07, 6.45) is 0. The van der Waals surface area contributed by atoms with Gasteiger partial charge >= 0.3 is 0 Å². The Morgan fingerprint density at radius 1 is 1.00 bits per heavy atom. The highest BCUT2D eigenvalue weighted by Crippen LogP contribution is 2.07. The van der Waals surface area contributed by atoms with Crippen LogP contribution in [0.3, 0.4) is 0 Å². The molecular formula is C10H14O2S. The molecule has 0 heterocycles. The van der Waals surface area contributed by atoms with Crippen LogP contribution in [-0.2, 0) is 4.74 Å². The largest absolute Gasteiger partial charge is 0.491 e. The van der Waals surface area contributed by atoms with E-state index in [1.165, 1.54) is 0 Å². The standard InChI is InChI=1S/C10H14O2S/c13-9-8-11-6-7-12-10-4-2-1-3-5-10/h1-5,13H,6-9H2. The Bertz CT molecular complexity index is 213. The third kappa shape index (κ3) is 4.80. The van der Waals surface area contributed by atoms with E-state index in [1.54, 1.807) is 0 Å². The minimum atomic E-state index is 0.595. The molecule has 2 nitrogen and oxygen atoms in total. The normalized spacial score (nSPS) is 9.92. The number of rotatable bonds is 6. The molecule has 0 saturated carbocycles. The van der Waals surface area contributed by atoms with Gasteiger partial charge in [0.1, 0.15) is 12.4 Å². The molecule has 0 aliphatic heterocycles. The molecule has 0 aliphatic carbocycles. The number of hydrogen-bond acceptors (Lipinski definition) is 3. The van der Waals surface area contributed by atoms with Crippen LogP contribution < -0.4 is 4.74 Å². The van der Waals surface area contributed by atoms with Gasteiger partial charge in [-0.05, 0) is 12.1 Å². The van der Waals surface area contributed by atoms with Gasteiger partial charge in [0.2, 0.25) is 0 Å². The summed E-state index contributed by atoms with van der Waals surface area (Å²) in [5.41, 5.74) is 0. The van der Waals surface area contributed by atoms with Crippen molar-refractivity contribution in [2.45, 2.75) is 0 Å². The lowest BCUT2D eigenvalue weighted by Gasteiger charge is -2.05. The fourth-order valence-corrected chi connectivity index (χ4v) is 1.03. The first kappa shape index (κ1) is 10.4. The Hall–Kier alpha value is -0.670. The van der Waals surface area contributed by atoms with Gasteiger partial charge in [-0.1, -0.05) is 18.2 Å². The summed E-state index contributed by atoms with van der Waals surface area (Å²) in [5.74, 6) is 1.64. The predicted octanol–water partition coefficient (Wildman–Crippen LogP) is 2.01. The van der Waals surface area contributed by atoms with Crippen molar-refractivity contribution in [2.75, 3.05) is 25.6 Å². The van der Waals surface area contributed by atoms with E-state index in [0.29, 0.717) is 19.8 Å². The fraction of sp³-hybridized carbons (Fsp3) is 0.400. The molecule has 0 fully saturated rings. The lowest BCUT2D eigenvalue weighted by atomic mass is 10.3. The van der Waals surface area contributed by atoms with Gasteiger partial charge in [0.25, 0.3) is 0 Å². The SMILES string of the molecule is SCCOCCOc1ccccc1. The number of ether oxygens (including phenoxy) is 2. The quantitative estimate of drug-likeness (QED) is 0.557. The van der Waals surface area contributed by atoms with Crippen LogP contribution in [0.4, 0.5) is 0 Å². The molecule has 3 heteroatoms. The molecule has 13 heavy (non-hydrogen) atoms. The summed E-state index contributed by atoms with van der Waals surface area (Å²) in [4.78, 5) is 0. The Balaban J connectivity index is 2.07. The van der Waals surface area contributed by atoms with Crippen molar-refractivity contribution in [1.29, 1.82) is 0 Å². The summed E-state index contributed by atoms with van der Waals surface area (Å²) in [5, 5.41) is 0. The second kappa shape index (κ2) is 6.80. The topological polar surface area (TPSA) is 18.5 Å². The van der Waals surface area contributed by atoms with Gasteiger partial charge < -0.3 is 9.47 Å². The van der Waals surface area contributed by atoms with Crippen LogP contribution in [0.15, 0.2) is 30.3 Å². The Morgan fingerprint density at radius 3 is 2.46 bits per heavy atom. The van der Waals surface area contributed by atoms with Gasteiger partial charge in [-0.3, -0.25) is 0 Å². The molecule has 1 rings (SSSR count). The van der Waals surface area contributed by atoms with Gasteiger partial charge in [0.15, 0.2) is 0 Å². The predicted molar refractivity (Wildman–Crippen MR) is 56.6 cm³/mol. The number of benzene rings is 1. The molecule has 0 aliphatic rings. The van der Waals surface area contributed by atoms with E-state index in [-0.39, 0.29) is 0 Å². The first-order valence-electron chi connectivity index (χ1n) is 4.30. The number of para-hydroxylation sites is 1. The summed E-state index contributed by atoms with van der Waals surface area (Å²) < 4.78 is 10.6. The average Bonchev–Trinajstić information content (AvgIpc) is 2.19. The van der Waals surface area contributed by atoms with Gasteiger partial charge in [0, 0.05) is 5.75 Å². The lowest BCUT2D eigenvalue weighted by molar-refractivity contribution is 0.112. The summed E-state index contributed by atoms with van der Waals surface area (Å²) in [6, 6.07) is 9.72. The molecule has 0 saturated heterocycles. The second-order valence-electron chi connectivity index (χ2n) is 2.50. The van der Waals surface area contributed by atoms with Crippen LogP contribution in [-0.4, -0.2) is 25.6 Å². The van der Waals surface area contributed by atoms with Gasteiger partial charge in [-0.2, -0.15) is 12.6 Å². The maximum atomic E-state index is 5.40. The molecule has 0 amide bonds. The molecular weight excluding hydrogens is 184 g/mol. The number of thiol groups is 1. The summed E-state index contributed by atoms with van der Waals surface area (Å²) in [6.45, 7) is 1.90. The monoisotopic (exact) mass is 198 g/mol. The second-order valence-corrected chi connectivity index (χ2v) is 2.94. The summed E-state index contributed by atoms with van der Waals surface area (Å²) >= 11 is 4.03. The van der Waals surface area contributed by atoms with E-state index in [1.807, 2.05) is 30.3 Å². The van der Waals surface area contributed by atoms with Gasteiger partial charge in [0.05, 0.1) is 13.2 Å². The minimum Gasteiger partial charge on any atom is -0.491 e. The van der Waals surface area contributed by atoms with E-state index in [0.717, 1.165) is 11.5 Å². The molecule has 1 aromatic carbocycles. The zero-order chi connectivity index (χ0) is 9.36. The molecule has 0 atom stereocenters. The molecule has 0 N–H and O–H groups in total. The van der Waals surface area contributed by atoms with Crippen molar-refractivity contribution >= 4 is 12.6 Å². The fourth-order valence-electron chi connectivity index (χ4n) is 0.902. The minimum absolute atomic E-state index is 0.595. The van der Waals surface area contributed by atoms with Crippen LogP contribution in [0.5, 0.6) is 5.75 Å². The van der Waals surface area contributed by atoms with Crippen molar-refractivity contribution in [3.63, 3.8) is 0 Å². The lowest BCUT2D eigenvalue weighted by Crippen LogP contribution is -2.07. The van der Waals surface area contributed by atoms with Crippen molar-refractivity contribution in [1.82, 2.24) is 0 Å². The van der Waals surface area contributed by atoms with E-state index in [2.05, 4.69) is 12.6 Å². The van der Waals surface area contributed by atoms with Crippen LogP contribution >= 0.6 is 12.6 Å². The van der Waals surface area contributed by atoms with Crippen LogP contribution in [0.25, 0.3) is 0 Å². The van der Waals surface area contributed by atoms with Crippen LogP contribution in [0.2, 0.25) is 0 Å². The van der Waals surface area contributed by atoms with Crippen molar-refractivity contribution < 1.29 is 9.47 Å². The van der Waals surface area contributed by atoms with Gasteiger partial charge in [-0.25, -0.2) is 0 Å². The molecule has 0 radical (unpaired) electrons. The molecule has 0 unspecified atom stereocenters. The first-order chi connectivity index (χ1) is 6.43. The average molecular weight is 198 g/mol. The van der Waals surface area contributed by atoms with Gasteiger partial charge in [-0.15, -0.1) is 0 Å². The Kier molecular flexibility index (Phi) is 5.45. The van der Waals surface area contributed by atoms with Crippen LogP contribution in [0.1, 0.15) is 0 Å². The maximum Gasteiger partial charge on any atom is 0.119 e. The van der Waals surface area contributed by atoms with Crippen LogP contribution in [0, 0.1) is 0 Å². The van der Waals surface area contributed by atoms with Crippen molar-refractivity contribution in [2.24, 2.45) is 0 Å². The van der Waals surface area contributed by atoms with Crippen molar-refractivity contribution in [3.8, 4) is 5.75 Å². The third-order valence-corrected chi connectivity index (χ3v) is 1.66. The first-order valence-corrected chi connectivity index (χ1v) is 4.93. The van der Waals surface area contributed by atoms with E-state index in [9.17, 15) is 0 Å². The highest BCUT2D eigenvalue weighted by Gasteiger charge is 1.90. The molecule has 1 aromatic rings. The maximum absolute atomic E-state index is 5.40. The van der Waals surface area contributed by atoms with Crippen molar-refractivity contribution in [3.05, 3.63) is 30.3 Å². The van der Waals surface area contributed by atoms with E-state index >= 15 is 0 Å². The van der Waals surface area contributed by atoms with E-state index < -0.39 is 0 Å². The Morgan fingerprint density at radius 2 is 1.77 bits per heavy atom. The molecule has 0 aromatic heterocycles. The highest BCUT2D eigenvalue weighted by molar-refractivity contribution is 7.80. The van der Waals surface area contributed by atoms with E-state index in [4.69, 9.17) is 9.47 Å². The third-order valence-electron chi connectivity index (χ3n) is 1.48. The molecule has 72 valence electrons. The highest BCUT2D eigenvalue weighted by atomic mass is 32.1. The smallest absolute Gasteiger partial charge is 0.119 e. The zero-order valence-corrected chi connectivity index (χ0v) is 8.37.